The minimum atomic E-state index is -0.988. The second-order valence-corrected chi connectivity index (χ2v) is 7.21. The fraction of sp³-hybridized carbons (Fsp3) is 0.318. The van der Waals surface area contributed by atoms with Crippen LogP contribution < -0.4 is 16.0 Å². The molecule has 152 valence electrons. The van der Waals surface area contributed by atoms with E-state index in [1.165, 1.54) is 18.6 Å². The van der Waals surface area contributed by atoms with Crippen molar-refractivity contribution in [3.8, 4) is 0 Å². The number of carbonyl (C=O) groups excluding carboxylic acids is 2. The standard InChI is InChI=1S/C22H25N3O4/c26-20(16-5-2-1-3-6-16)24-18-7-4-8-19(13-18)25-22(29)23-14-15-9-11-17(12-10-15)21(27)28/h4,7-13,16H,1-3,5-6,14H2,(H,24,26)(H,27,28)(H2,23,25,29). The molecule has 0 unspecified atom stereocenters. The Morgan fingerprint density at radius 2 is 1.55 bits per heavy atom. The lowest BCUT2D eigenvalue weighted by molar-refractivity contribution is -0.120. The van der Waals surface area contributed by atoms with Crippen molar-refractivity contribution in [2.75, 3.05) is 10.6 Å². The number of nitrogens with one attached hydrogen (secondary N) is 3. The molecule has 0 saturated heterocycles. The number of rotatable bonds is 6. The van der Waals surface area contributed by atoms with Crippen molar-refractivity contribution in [3.05, 3.63) is 59.7 Å². The maximum Gasteiger partial charge on any atom is 0.335 e. The molecule has 2 aromatic rings. The minimum absolute atomic E-state index is 0.0381. The summed E-state index contributed by atoms with van der Waals surface area (Å²) in [6, 6.07) is 13.0. The van der Waals surface area contributed by atoms with E-state index in [2.05, 4.69) is 16.0 Å². The molecule has 2 aromatic carbocycles. The lowest BCUT2D eigenvalue weighted by Gasteiger charge is -2.20. The van der Waals surface area contributed by atoms with E-state index in [0.717, 1.165) is 31.2 Å². The van der Waals surface area contributed by atoms with Gasteiger partial charge in [-0.1, -0.05) is 37.5 Å². The molecule has 29 heavy (non-hydrogen) atoms. The molecule has 0 radical (unpaired) electrons. The molecule has 0 aromatic heterocycles. The normalized spacial score (nSPS) is 14.1. The number of anilines is 2. The van der Waals surface area contributed by atoms with Crippen LogP contribution in [0.2, 0.25) is 0 Å². The van der Waals surface area contributed by atoms with Gasteiger partial charge in [-0.15, -0.1) is 0 Å². The van der Waals surface area contributed by atoms with Crippen molar-refractivity contribution >= 4 is 29.3 Å². The van der Waals surface area contributed by atoms with E-state index in [1.54, 1.807) is 36.4 Å². The molecular weight excluding hydrogens is 370 g/mol. The Balaban J connectivity index is 1.50. The summed E-state index contributed by atoms with van der Waals surface area (Å²) in [6.45, 7) is 0.268. The van der Waals surface area contributed by atoms with Gasteiger partial charge in [0.1, 0.15) is 0 Å². The molecule has 0 bridgehead atoms. The number of amides is 3. The maximum atomic E-state index is 12.4. The zero-order valence-corrected chi connectivity index (χ0v) is 16.1. The third kappa shape index (κ3) is 6.07. The Labute approximate surface area is 169 Å². The number of hydrogen-bond acceptors (Lipinski definition) is 3. The number of hydrogen-bond donors (Lipinski definition) is 4. The van der Waals surface area contributed by atoms with Gasteiger partial charge in [0.25, 0.3) is 0 Å². The quantitative estimate of drug-likeness (QED) is 0.587. The van der Waals surface area contributed by atoms with Crippen LogP contribution in [-0.2, 0) is 11.3 Å². The fourth-order valence-electron chi connectivity index (χ4n) is 3.41. The van der Waals surface area contributed by atoms with Crippen LogP contribution >= 0.6 is 0 Å². The zero-order valence-electron chi connectivity index (χ0n) is 16.1. The van der Waals surface area contributed by atoms with E-state index in [0.29, 0.717) is 11.4 Å². The highest BCUT2D eigenvalue weighted by Gasteiger charge is 2.21. The van der Waals surface area contributed by atoms with E-state index in [1.807, 2.05) is 0 Å². The van der Waals surface area contributed by atoms with Crippen LogP contribution in [-0.4, -0.2) is 23.0 Å². The average Bonchev–Trinajstić information content (AvgIpc) is 2.73. The minimum Gasteiger partial charge on any atom is -0.478 e. The number of carboxylic acid groups (broad SMARTS) is 1. The van der Waals surface area contributed by atoms with Gasteiger partial charge in [-0.25, -0.2) is 9.59 Å². The predicted octanol–water partition coefficient (Wildman–Crippen LogP) is 4.23. The number of benzene rings is 2. The highest BCUT2D eigenvalue weighted by Crippen LogP contribution is 2.25. The second-order valence-electron chi connectivity index (χ2n) is 7.21. The first-order chi connectivity index (χ1) is 14.0. The molecule has 0 heterocycles. The molecule has 3 rings (SSSR count). The van der Waals surface area contributed by atoms with Crippen molar-refractivity contribution < 1.29 is 19.5 Å². The van der Waals surface area contributed by atoms with E-state index in [9.17, 15) is 14.4 Å². The summed E-state index contributed by atoms with van der Waals surface area (Å²) in [5.41, 5.74) is 2.22. The lowest BCUT2D eigenvalue weighted by Crippen LogP contribution is -2.28. The monoisotopic (exact) mass is 395 g/mol. The molecular formula is C22H25N3O4. The summed E-state index contributed by atoms with van der Waals surface area (Å²) >= 11 is 0. The first kappa shape index (κ1) is 20.4. The number of carboxylic acids is 1. The Bertz CT molecular complexity index is 874. The van der Waals surface area contributed by atoms with Crippen LogP contribution in [0.5, 0.6) is 0 Å². The summed E-state index contributed by atoms with van der Waals surface area (Å²) in [4.78, 5) is 35.4. The highest BCUT2D eigenvalue weighted by atomic mass is 16.4. The van der Waals surface area contributed by atoms with Gasteiger partial charge in [0.15, 0.2) is 0 Å². The van der Waals surface area contributed by atoms with Crippen molar-refractivity contribution in [3.63, 3.8) is 0 Å². The van der Waals surface area contributed by atoms with Crippen molar-refractivity contribution in [2.45, 2.75) is 38.6 Å². The summed E-state index contributed by atoms with van der Waals surface area (Å²) in [6.07, 6.45) is 5.25. The highest BCUT2D eigenvalue weighted by molar-refractivity contribution is 5.94. The molecule has 7 heteroatoms. The molecule has 0 atom stereocenters. The zero-order chi connectivity index (χ0) is 20.6. The van der Waals surface area contributed by atoms with Crippen LogP contribution in [0.15, 0.2) is 48.5 Å². The van der Waals surface area contributed by atoms with Gasteiger partial charge >= 0.3 is 12.0 Å². The van der Waals surface area contributed by atoms with Crippen LogP contribution in [0.4, 0.5) is 16.2 Å². The molecule has 7 nitrogen and oxygen atoms in total. The number of urea groups is 1. The van der Waals surface area contributed by atoms with Crippen molar-refractivity contribution in [2.24, 2.45) is 5.92 Å². The number of aromatic carboxylic acids is 1. The van der Waals surface area contributed by atoms with Gasteiger partial charge in [-0.3, -0.25) is 4.79 Å². The average molecular weight is 395 g/mol. The summed E-state index contributed by atoms with van der Waals surface area (Å²) in [5, 5.41) is 17.3. The lowest BCUT2D eigenvalue weighted by atomic mass is 9.88. The van der Waals surface area contributed by atoms with E-state index >= 15 is 0 Å². The van der Waals surface area contributed by atoms with Gasteiger partial charge in [-0.2, -0.15) is 0 Å². The van der Waals surface area contributed by atoms with Crippen molar-refractivity contribution in [1.82, 2.24) is 5.32 Å². The molecule has 4 N–H and O–H groups in total. The molecule has 0 aliphatic heterocycles. The largest absolute Gasteiger partial charge is 0.478 e. The van der Waals surface area contributed by atoms with Crippen LogP contribution in [0.25, 0.3) is 0 Å². The number of carbonyl (C=O) groups is 3. The first-order valence-corrected chi connectivity index (χ1v) is 9.79. The Kier molecular flexibility index (Phi) is 6.84. The Morgan fingerprint density at radius 1 is 0.897 bits per heavy atom. The van der Waals surface area contributed by atoms with Crippen molar-refractivity contribution in [1.29, 1.82) is 0 Å². The van der Waals surface area contributed by atoms with E-state index in [4.69, 9.17) is 5.11 Å². The summed E-state index contributed by atoms with van der Waals surface area (Å²) in [5.74, 6) is -0.884. The molecule has 1 saturated carbocycles. The molecule has 1 fully saturated rings. The van der Waals surface area contributed by atoms with Crippen LogP contribution in [0.3, 0.4) is 0 Å². The Hall–Kier alpha value is -3.35. The van der Waals surface area contributed by atoms with Gasteiger partial charge in [-0.05, 0) is 48.7 Å². The fourth-order valence-corrected chi connectivity index (χ4v) is 3.41. The van der Waals surface area contributed by atoms with E-state index in [-0.39, 0.29) is 30.0 Å². The van der Waals surface area contributed by atoms with Crippen LogP contribution in [0, 0.1) is 5.92 Å². The molecule has 1 aliphatic rings. The second kappa shape index (κ2) is 9.73. The third-order valence-corrected chi connectivity index (χ3v) is 5.02. The molecule has 0 spiro atoms. The SMILES string of the molecule is O=C(NCc1ccc(C(=O)O)cc1)Nc1cccc(NC(=O)C2CCCCC2)c1. The van der Waals surface area contributed by atoms with E-state index < -0.39 is 5.97 Å². The third-order valence-electron chi connectivity index (χ3n) is 5.02. The Morgan fingerprint density at radius 3 is 2.21 bits per heavy atom. The van der Waals surface area contributed by atoms with Gasteiger partial charge < -0.3 is 21.1 Å². The summed E-state index contributed by atoms with van der Waals surface area (Å²) < 4.78 is 0. The smallest absolute Gasteiger partial charge is 0.335 e. The molecule has 3 amide bonds. The van der Waals surface area contributed by atoms with Gasteiger partial charge in [0.2, 0.25) is 5.91 Å². The summed E-state index contributed by atoms with van der Waals surface area (Å²) in [7, 11) is 0. The topological polar surface area (TPSA) is 108 Å². The van der Waals surface area contributed by atoms with Crippen LogP contribution in [0.1, 0.15) is 48.0 Å². The van der Waals surface area contributed by atoms with Gasteiger partial charge in [0.05, 0.1) is 5.56 Å². The first-order valence-electron chi connectivity index (χ1n) is 9.79. The maximum absolute atomic E-state index is 12.4. The predicted molar refractivity (Wildman–Crippen MR) is 111 cm³/mol. The van der Waals surface area contributed by atoms with Gasteiger partial charge in [0, 0.05) is 23.8 Å². The molecule has 1 aliphatic carbocycles.